The van der Waals surface area contributed by atoms with Crippen LogP contribution >= 0.6 is 0 Å². The van der Waals surface area contributed by atoms with Crippen LogP contribution in [0.5, 0.6) is 0 Å². The first kappa shape index (κ1) is 18.5. The second kappa shape index (κ2) is 6.51. The van der Waals surface area contributed by atoms with Crippen molar-refractivity contribution in [3.05, 3.63) is 47.8 Å². The maximum Gasteiger partial charge on any atom is 0.0757 e. The van der Waals surface area contributed by atoms with Crippen LogP contribution in [0.1, 0.15) is 51.0 Å². The molecule has 5 rings (SSSR count). The van der Waals surface area contributed by atoms with E-state index in [1.165, 1.54) is 11.1 Å². The van der Waals surface area contributed by atoms with Crippen molar-refractivity contribution < 1.29 is 15.3 Å². The molecule has 0 spiro atoms. The van der Waals surface area contributed by atoms with Crippen molar-refractivity contribution in [2.45, 2.75) is 57.7 Å². The Labute approximate surface area is 167 Å². The van der Waals surface area contributed by atoms with Crippen molar-refractivity contribution in [2.24, 2.45) is 28.6 Å². The number of aliphatic hydroxyl groups is 3. The zero-order valence-corrected chi connectivity index (χ0v) is 16.6. The highest BCUT2D eigenvalue weighted by molar-refractivity contribution is 5.73. The standard InChI is InChI=1S/C24H31NO3/c1-23-8-6-17(27)11-16(23)12-21(28)22-19(23)7-9-24(14-26)18(4-5-20(22)24)15-3-2-10-25-13-15/h2-4,10,12-13,17,19-22,26-28H,5-9,11,14H2,1H3/t17-,19-,20-,21-,22+,23-,24?/m0/s1. The fourth-order valence-corrected chi connectivity index (χ4v) is 7.25. The van der Waals surface area contributed by atoms with Gasteiger partial charge in [-0.3, -0.25) is 4.98 Å². The van der Waals surface area contributed by atoms with Gasteiger partial charge < -0.3 is 15.3 Å². The second-order valence-electron chi connectivity index (χ2n) is 9.74. The van der Waals surface area contributed by atoms with E-state index in [1.54, 1.807) is 6.20 Å². The molecule has 4 aliphatic carbocycles. The van der Waals surface area contributed by atoms with E-state index in [1.807, 2.05) is 12.3 Å². The molecule has 2 saturated carbocycles. The van der Waals surface area contributed by atoms with Crippen LogP contribution in [-0.2, 0) is 0 Å². The van der Waals surface area contributed by atoms with Crippen molar-refractivity contribution in [2.75, 3.05) is 6.61 Å². The van der Waals surface area contributed by atoms with Gasteiger partial charge in [0.05, 0.1) is 18.8 Å². The minimum atomic E-state index is -0.490. The highest BCUT2D eigenvalue weighted by Crippen LogP contribution is 2.66. The largest absolute Gasteiger partial charge is 0.395 e. The summed E-state index contributed by atoms with van der Waals surface area (Å²) in [4.78, 5) is 4.30. The predicted octanol–water partition coefficient (Wildman–Crippen LogP) is 3.34. The highest BCUT2D eigenvalue weighted by Gasteiger charge is 2.60. The number of hydrogen-bond donors (Lipinski definition) is 3. The van der Waals surface area contributed by atoms with E-state index in [9.17, 15) is 15.3 Å². The van der Waals surface area contributed by atoms with Gasteiger partial charge >= 0.3 is 0 Å². The molecule has 0 radical (unpaired) electrons. The first-order valence-electron chi connectivity index (χ1n) is 10.8. The van der Waals surface area contributed by atoms with Crippen LogP contribution in [0.15, 0.2) is 42.3 Å². The van der Waals surface area contributed by atoms with Gasteiger partial charge in [-0.15, -0.1) is 0 Å². The molecule has 4 aliphatic rings. The minimum Gasteiger partial charge on any atom is -0.395 e. The van der Waals surface area contributed by atoms with Gasteiger partial charge in [0.2, 0.25) is 0 Å². The lowest BCUT2D eigenvalue weighted by Gasteiger charge is -2.59. The SMILES string of the molecule is C[C@]12CC[C@H](O)CC1=C[C@H](O)[C@H]1[C@@H]3CC=C(c4cccnc4)C3(CO)CC[C@@H]12. The molecule has 1 unspecified atom stereocenters. The van der Waals surface area contributed by atoms with Crippen LogP contribution in [0.2, 0.25) is 0 Å². The summed E-state index contributed by atoms with van der Waals surface area (Å²) in [6.07, 6.45) is 12.7. The first-order valence-corrected chi connectivity index (χ1v) is 10.8. The van der Waals surface area contributed by atoms with E-state index in [0.717, 1.165) is 37.7 Å². The number of allylic oxidation sites excluding steroid dienone is 1. The molecular formula is C24H31NO3. The topological polar surface area (TPSA) is 73.6 Å². The van der Waals surface area contributed by atoms with E-state index in [2.05, 4.69) is 30.1 Å². The number of nitrogens with zero attached hydrogens (tertiary/aromatic N) is 1. The Morgan fingerprint density at radius 2 is 2.04 bits per heavy atom. The van der Waals surface area contributed by atoms with Crippen molar-refractivity contribution in [1.82, 2.24) is 4.98 Å². The molecule has 2 fully saturated rings. The molecule has 1 aromatic rings. The molecular weight excluding hydrogens is 350 g/mol. The predicted molar refractivity (Wildman–Crippen MR) is 108 cm³/mol. The second-order valence-corrected chi connectivity index (χ2v) is 9.74. The molecule has 0 amide bonds. The third-order valence-corrected chi connectivity index (χ3v) is 8.68. The molecule has 0 saturated heterocycles. The number of aromatic nitrogens is 1. The van der Waals surface area contributed by atoms with Crippen LogP contribution in [0.25, 0.3) is 5.57 Å². The van der Waals surface area contributed by atoms with Crippen LogP contribution < -0.4 is 0 Å². The summed E-state index contributed by atoms with van der Waals surface area (Å²) in [6, 6.07) is 4.04. The fraction of sp³-hybridized carbons (Fsp3) is 0.625. The molecule has 4 nitrogen and oxygen atoms in total. The van der Waals surface area contributed by atoms with Gasteiger partial charge in [0.15, 0.2) is 0 Å². The third-order valence-electron chi connectivity index (χ3n) is 8.68. The van der Waals surface area contributed by atoms with Crippen LogP contribution in [-0.4, -0.2) is 39.1 Å². The van der Waals surface area contributed by atoms with E-state index < -0.39 is 6.10 Å². The van der Waals surface area contributed by atoms with Crippen molar-refractivity contribution in [1.29, 1.82) is 0 Å². The summed E-state index contributed by atoms with van der Waals surface area (Å²) in [5.74, 6) is 0.833. The average Bonchev–Trinajstić information content (AvgIpc) is 3.10. The molecule has 1 heterocycles. The molecule has 0 aliphatic heterocycles. The zero-order valence-electron chi connectivity index (χ0n) is 16.6. The highest BCUT2D eigenvalue weighted by atomic mass is 16.3. The average molecular weight is 382 g/mol. The summed E-state index contributed by atoms with van der Waals surface area (Å²) in [7, 11) is 0. The fourth-order valence-electron chi connectivity index (χ4n) is 7.25. The maximum absolute atomic E-state index is 11.2. The van der Waals surface area contributed by atoms with E-state index in [0.29, 0.717) is 12.3 Å². The lowest BCUT2D eigenvalue weighted by molar-refractivity contribution is -0.0883. The van der Waals surface area contributed by atoms with Gasteiger partial charge in [0, 0.05) is 17.8 Å². The van der Waals surface area contributed by atoms with Gasteiger partial charge in [0.1, 0.15) is 0 Å². The normalized spacial score (nSPS) is 44.8. The summed E-state index contributed by atoms with van der Waals surface area (Å²) in [5.41, 5.74) is 3.38. The molecule has 7 atom stereocenters. The number of fused-ring (bicyclic) bond motifs is 5. The first-order chi connectivity index (χ1) is 13.5. The van der Waals surface area contributed by atoms with Crippen molar-refractivity contribution in [3.8, 4) is 0 Å². The van der Waals surface area contributed by atoms with Crippen molar-refractivity contribution >= 4 is 5.57 Å². The summed E-state index contributed by atoms with van der Waals surface area (Å²) < 4.78 is 0. The molecule has 28 heavy (non-hydrogen) atoms. The molecule has 150 valence electrons. The Bertz CT molecular complexity index is 818. The number of hydrogen-bond acceptors (Lipinski definition) is 4. The van der Waals surface area contributed by atoms with E-state index in [-0.39, 0.29) is 35.4 Å². The Kier molecular flexibility index (Phi) is 4.31. The number of aliphatic hydroxyl groups excluding tert-OH is 3. The quantitative estimate of drug-likeness (QED) is 0.687. The van der Waals surface area contributed by atoms with E-state index >= 15 is 0 Å². The van der Waals surface area contributed by atoms with Gasteiger partial charge in [-0.25, -0.2) is 0 Å². The molecule has 0 bridgehead atoms. The summed E-state index contributed by atoms with van der Waals surface area (Å²) >= 11 is 0. The Morgan fingerprint density at radius 1 is 1.18 bits per heavy atom. The monoisotopic (exact) mass is 381 g/mol. The molecule has 1 aromatic heterocycles. The van der Waals surface area contributed by atoms with Crippen molar-refractivity contribution in [3.63, 3.8) is 0 Å². The maximum atomic E-state index is 11.2. The number of pyridine rings is 1. The Hall–Kier alpha value is -1.49. The van der Waals surface area contributed by atoms with Gasteiger partial charge in [-0.2, -0.15) is 0 Å². The Morgan fingerprint density at radius 3 is 2.79 bits per heavy atom. The summed E-state index contributed by atoms with van der Waals surface area (Å²) in [6.45, 7) is 2.48. The van der Waals surface area contributed by atoms with Crippen LogP contribution in [0, 0.1) is 28.6 Å². The van der Waals surface area contributed by atoms with Crippen LogP contribution in [0.3, 0.4) is 0 Å². The smallest absolute Gasteiger partial charge is 0.0757 e. The lowest BCUT2D eigenvalue weighted by atomic mass is 9.46. The van der Waals surface area contributed by atoms with Gasteiger partial charge in [0.25, 0.3) is 0 Å². The van der Waals surface area contributed by atoms with Crippen LogP contribution in [0.4, 0.5) is 0 Å². The van der Waals surface area contributed by atoms with Gasteiger partial charge in [-0.05, 0) is 78.9 Å². The number of rotatable bonds is 2. The molecule has 3 N–H and O–H groups in total. The summed E-state index contributed by atoms with van der Waals surface area (Å²) in [5, 5.41) is 31.9. The Balaban J connectivity index is 1.54. The third kappa shape index (κ3) is 2.44. The minimum absolute atomic E-state index is 0.0712. The molecule has 0 aromatic carbocycles. The van der Waals surface area contributed by atoms with Gasteiger partial charge in [-0.1, -0.05) is 30.7 Å². The molecule has 4 heteroatoms. The zero-order chi connectivity index (χ0) is 19.5. The lowest BCUT2D eigenvalue weighted by Crippen LogP contribution is -2.55. The van der Waals surface area contributed by atoms with E-state index in [4.69, 9.17) is 0 Å².